The summed E-state index contributed by atoms with van der Waals surface area (Å²) in [5.41, 5.74) is -0.858. The highest BCUT2D eigenvalue weighted by atomic mass is 16.7. The van der Waals surface area contributed by atoms with Gasteiger partial charge < -0.3 is 34.3 Å². The number of rotatable bonds is 9. The van der Waals surface area contributed by atoms with Crippen molar-refractivity contribution in [2.75, 3.05) is 32.9 Å². The summed E-state index contributed by atoms with van der Waals surface area (Å²) in [7, 11) is 0. The van der Waals surface area contributed by atoms with Crippen molar-refractivity contribution < 1.29 is 33.3 Å². The smallest absolute Gasteiger partial charge is 0.407 e. The van der Waals surface area contributed by atoms with Crippen molar-refractivity contribution in [2.24, 2.45) is 0 Å². The number of unbranched alkanes of at least 4 members (excludes halogenated alkanes) is 1. The monoisotopic (exact) mass is 462 g/mol. The third-order valence-electron chi connectivity index (χ3n) is 3.70. The summed E-state index contributed by atoms with van der Waals surface area (Å²) in [5.74, 6) is -0.508. The molecule has 0 aromatic rings. The fourth-order valence-corrected chi connectivity index (χ4v) is 2.42. The van der Waals surface area contributed by atoms with Gasteiger partial charge in [-0.3, -0.25) is 0 Å². The van der Waals surface area contributed by atoms with E-state index in [-0.39, 0.29) is 12.2 Å². The van der Waals surface area contributed by atoms with E-state index in [1.807, 2.05) is 55.4 Å². The maximum Gasteiger partial charge on any atom is 0.407 e. The van der Waals surface area contributed by atoms with E-state index in [1.165, 1.54) is 0 Å². The predicted octanol–water partition coefficient (Wildman–Crippen LogP) is 4.38. The Kier molecular flexibility index (Phi) is 13.8. The van der Waals surface area contributed by atoms with E-state index in [9.17, 15) is 9.59 Å². The zero-order chi connectivity index (χ0) is 24.8. The maximum atomic E-state index is 11.4. The van der Waals surface area contributed by atoms with Gasteiger partial charge in [0.2, 0.25) is 0 Å². The molecule has 1 rings (SSSR count). The Labute approximate surface area is 194 Å². The second kappa shape index (κ2) is 14.5. The molecular formula is C23H46N2O7. The molecule has 2 N–H and O–H groups in total. The second-order valence-electron chi connectivity index (χ2n) is 10.1. The van der Waals surface area contributed by atoms with Crippen LogP contribution in [0.3, 0.4) is 0 Å². The molecule has 0 spiro atoms. The molecule has 1 aliphatic heterocycles. The van der Waals surface area contributed by atoms with Gasteiger partial charge >= 0.3 is 12.2 Å². The van der Waals surface area contributed by atoms with Crippen LogP contribution in [0.5, 0.6) is 0 Å². The molecule has 0 aromatic carbocycles. The van der Waals surface area contributed by atoms with Crippen molar-refractivity contribution in [1.82, 2.24) is 10.6 Å². The minimum Gasteiger partial charge on any atom is -0.444 e. The maximum absolute atomic E-state index is 11.4. The molecule has 1 unspecified atom stereocenters. The van der Waals surface area contributed by atoms with E-state index >= 15 is 0 Å². The summed E-state index contributed by atoms with van der Waals surface area (Å²) >= 11 is 0. The van der Waals surface area contributed by atoms with Gasteiger partial charge in [0.05, 0.1) is 13.2 Å². The van der Waals surface area contributed by atoms with Crippen molar-refractivity contribution >= 4 is 12.2 Å². The number of hydrogen-bond acceptors (Lipinski definition) is 7. The topological polar surface area (TPSA) is 104 Å². The van der Waals surface area contributed by atoms with Gasteiger partial charge in [0.15, 0.2) is 5.79 Å². The molecule has 1 saturated heterocycles. The second-order valence-corrected chi connectivity index (χ2v) is 10.1. The molecule has 32 heavy (non-hydrogen) atoms. The molecule has 1 heterocycles. The van der Waals surface area contributed by atoms with Gasteiger partial charge in [-0.15, -0.1) is 0 Å². The van der Waals surface area contributed by atoms with E-state index in [4.69, 9.17) is 23.7 Å². The average Bonchev–Trinajstić information content (AvgIpc) is 2.94. The molecule has 1 atom stereocenters. The highest BCUT2D eigenvalue weighted by molar-refractivity contribution is 5.67. The lowest BCUT2D eigenvalue weighted by Crippen LogP contribution is -2.33. The Morgan fingerprint density at radius 1 is 0.938 bits per heavy atom. The lowest BCUT2D eigenvalue weighted by molar-refractivity contribution is -0.145. The fraction of sp³-hybridized carbons (Fsp3) is 0.913. The molecule has 1 fully saturated rings. The van der Waals surface area contributed by atoms with Gasteiger partial charge in [0, 0.05) is 19.7 Å². The summed E-state index contributed by atoms with van der Waals surface area (Å²) < 4.78 is 26.7. The number of amides is 2. The van der Waals surface area contributed by atoms with Gasteiger partial charge in [0.1, 0.15) is 17.3 Å². The quantitative estimate of drug-likeness (QED) is 0.490. The molecule has 9 heteroatoms. The van der Waals surface area contributed by atoms with Crippen molar-refractivity contribution in [3.05, 3.63) is 0 Å². The normalized spacial score (nSPS) is 17.7. The van der Waals surface area contributed by atoms with E-state index in [0.717, 1.165) is 19.3 Å². The van der Waals surface area contributed by atoms with E-state index < -0.39 is 23.1 Å². The lowest BCUT2D eigenvalue weighted by atomic mass is 10.2. The van der Waals surface area contributed by atoms with Crippen LogP contribution in [0.1, 0.15) is 81.6 Å². The SMILES string of the molecule is CC(C)(C)OC(=O)NCCCOCC1COC(C)(C)O1.CCCCNC(=O)OC(C)(C)C. The number of carbonyl (C=O) groups excluding carboxylic acids is 2. The molecule has 0 aromatic heterocycles. The molecule has 0 radical (unpaired) electrons. The molecule has 2 amide bonds. The number of ether oxygens (including phenoxy) is 5. The van der Waals surface area contributed by atoms with Crippen molar-refractivity contribution in [3.8, 4) is 0 Å². The largest absolute Gasteiger partial charge is 0.444 e. The van der Waals surface area contributed by atoms with Crippen LogP contribution in [0.25, 0.3) is 0 Å². The highest BCUT2D eigenvalue weighted by Gasteiger charge is 2.32. The van der Waals surface area contributed by atoms with Crippen LogP contribution in [-0.2, 0) is 23.7 Å². The minimum atomic E-state index is -0.508. The number of hydrogen-bond donors (Lipinski definition) is 2. The predicted molar refractivity (Wildman–Crippen MR) is 124 cm³/mol. The molecule has 190 valence electrons. The van der Waals surface area contributed by atoms with E-state index in [1.54, 1.807) is 0 Å². The first-order valence-corrected chi connectivity index (χ1v) is 11.5. The Bertz CT molecular complexity index is 539. The average molecular weight is 463 g/mol. The van der Waals surface area contributed by atoms with Crippen LogP contribution < -0.4 is 10.6 Å². The number of carbonyl (C=O) groups is 2. The fourth-order valence-electron chi connectivity index (χ4n) is 2.42. The van der Waals surface area contributed by atoms with Crippen LogP contribution in [0, 0.1) is 0 Å². The molecule has 0 bridgehead atoms. The minimum absolute atomic E-state index is 0.0104. The standard InChI is InChI=1S/C14H27NO5.C9H19NO2/c1-13(2,3)20-12(16)15-7-6-8-17-9-11-10-18-14(4,5)19-11;1-5-6-7-10-8(11)12-9(2,3)4/h11H,6-10H2,1-5H3,(H,15,16);5-7H2,1-4H3,(H,10,11). The van der Waals surface area contributed by atoms with Crippen molar-refractivity contribution in [3.63, 3.8) is 0 Å². The molecule has 1 aliphatic rings. The van der Waals surface area contributed by atoms with Gasteiger partial charge in [0.25, 0.3) is 0 Å². The van der Waals surface area contributed by atoms with Gasteiger partial charge in [-0.1, -0.05) is 13.3 Å². The Hall–Kier alpha value is -1.58. The van der Waals surface area contributed by atoms with Crippen molar-refractivity contribution in [2.45, 2.75) is 105 Å². The highest BCUT2D eigenvalue weighted by Crippen LogP contribution is 2.22. The molecule has 9 nitrogen and oxygen atoms in total. The third-order valence-corrected chi connectivity index (χ3v) is 3.70. The first kappa shape index (κ1) is 30.4. The van der Waals surface area contributed by atoms with Crippen LogP contribution in [0.2, 0.25) is 0 Å². The van der Waals surface area contributed by atoms with E-state index in [0.29, 0.717) is 32.9 Å². The van der Waals surface area contributed by atoms with Gasteiger partial charge in [-0.25, -0.2) is 9.59 Å². The Morgan fingerprint density at radius 3 is 1.84 bits per heavy atom. The van der Waals surface area contributed by atoms with Crippen LogP contribution >= 0.6 is 0 Å². The summed E-state index contributed by atoms with van der Waals surface area (Å²) in [4.78, 5) is 22.4. The Morgan fingerprint density at radius 2 is 1.44 bits per heavy atom. The zero-order valence-electron chi connectivity index (χ0n) is 21.6. The van der Waals surface area contributed by atoms with Crippen LogP contribution in [-0.4, -0.2) is 68.2 Å². The van der Waals surface area contributed by atoms with Crippen molar-refractivity contribution in [1.29, 1.82) is 0 Å². The zero-order valence-corrected chi connectivity index (χ0v) is 21.6. The Balaban J connectivity index is 0.000000687. The summed E-state index contributed by atoms with van der Waals surface area (Å²) in [5, 5.41) is 5.36. The number of alkyl carbamates (subject to hydrolysis) is 2. The van der Waals surface area contributed by atoms with Crippen LogP contribution in [0.4, 0.5) is 9.59 Å². The lowest BCUT2D eigenvalue weighted by Gasteiger charge is -2.19. The number of nitrogens with one attached hydrogen (secondary N) is 2. The molecular weight excluding hydrogens is 416 g/mol. The first-order valence-electron chi connectivity index (χ1n) is 11.5. The van der Waals surface area contributed by atoms with Gasteiger partial charge in [-0.2, -0.15) is 0 Å². The summed E-state index contributed by atoms with van der Waals surface area (Å²) in [6.45, 7) is 19.8. The first-order chi connectivity index (χ1) is 14.6. The van der Waals surface area contributed by atoms with Gasteiger partial charge in [-0.05, 0) is 68.2 Å². The van der Waals surface area contributed by atoms with Crippen LogP contribution in [0.15, 0.2) is 0 Å². The molecule has 0 aliphatic carbocycles. The van der Waals surface area contributed by atoms with E-state index in [2.05, 4.69) is 17.6 Å². The summed E-state index contributed by atoms with van der Waals surface area (Å²) in [6.07, 6.45) is 2.08. The third kappa shape index (κ3) is 19.1. The molecule has 0 saturated carbocycles. The summed E-state index contributed by atoms with van der Waals surface area (Å²) in [6, 6.07) is 0.